The molecule has 2 N–H and O–H groups in total. The molecule has 4 heteroatoms. The van der Waals surface area contributed by atoms with Crippen LogP contribution in [0.25, 0.3) is 0 Å². The van der Waals surface area contributed by atoms with E-state index in [2.05, 4.69) is 10.6 Å². The van der Waals surface area contributed by atoms with Crippen molar-refractivity contribution in [2.75, 3.05) is 6.54 Å². The van der Waals surface area contributed by atoms with Gasteiger partial charge in [-0.05, 0) is 31.9 Å². The lowest BCUT2D eigenvalue weighted by Gasteiger charge is -2.15. The van der Waals surface area contributed by atoms with Gasteiger partial charge in [0.2, 0.25) is 5.91 Å². The van der Waals surface area contributed by atoms with Crippen molar-refractivity contribution in [3.8, 4) is 0 Å². The molecule has 1 unspecified atom stereocenters. The average Bonchev–Trinajstić information content (AvgIpc) is 2.54. The molecule has 4 nitrogen and oxygen atoms in total. The zero-order valence-electron chi connectivity index (χ0n) is 10.5. The molecule has 1 aliphatic rings. The molecule has 0 spiro atoms. The molecule has 0 radical (unpaired) electrons. The van der Waals surface area contributed by atoms with Crippen LogP contribution in [0.5, 0.6) is 0 Å². The summed E-state index contributed by atoms with van der Waals surface area (Å²) < 4.78 is 0. The van der Waals surface area contributed by atoms with E-state index in [1.54, 1.807) is 12.1 Å². The highest BCUT2D eigenvalue weighted by Gasteiger charge is 2.19. The van der Waals surface area contributed by atoms with Crippen molar-refractivity contribution in [2.24, 2.45) is 0 Å². The Morgan fingerprint density at radius 1 is 1.33 bits per heavy atom. The third kappa shape index (κ3) is 3.32. The minimum Gasteiger partial charge on any atom is -0.356 e. The average molecular weight is 246 g/mol. The van der Waals surface area contributed by atoms with Crippen LogP contribution in [0.4, 0.5) is 0 Å². The van der Waals surface area contributed by atoms with Gasteiger partial charge in [0.25, 0.3) is 5.91 Å². The Bertz CT molecular complexity index is 440. The molecule has 96 valence electrons. The van der Waals surface area contributed by atoms with Crippen LogP contribution in [0.15, 0.2) is 24.3 Å². The first-order chi connectivity index (χ1) is 8.65. The highest BCUT2D eigenvalue weighted by molar-refractivity contribution is 5.94. The lowest BCUT2D eigenvalue weighted by atomic mass is 10.1. The third-order valence-electron chi connectivity index (χ3n) is 3.13. The van der Waals surface area contributed by atoms with Crippen molar-refractivity contribution in [3.05, 3.63) is 35.4 Å². The Hall–Kier alpha value is -1.84. The smallest absolute Gasteiger partial charge is 0.251 e. The summed E-state index contributed by atoms with van der Waals surface area (Å²) in [4.78, 5) is 23.4. The Balaban J connectivity index is 1.97. The summed E-state index contributed by atoms with van der Waals surface area (Å²) in [5.41, 5.74) is 1.77. The van der Waals surface area contributed by atoms with Crippen LogP contribution in [0, 0.1) is 6.92 Å². The van der Waals surface area contributed by atoms with Crippen LogP contribution < -0.4 is 10.6 Å². The van der Waals surface area contributed by atoms with Gasteiger partial charge in [0.1, 0.15) is 0 Å². The van der Waals surface area contributed by atoms with Gasteiger partial charge in [-0.25, -0.2) is 0 Å². The van der Waals surface area contributed by atoms with E-state index in [4.69, 9.17) is 0 Å². The Morgan fingerprint density at radius 3 is 2.78 bits per heavy atom. The number of carbonyl (C=O) groups excluding carboxylic acids is 2. The van der Waals surface area contributed by atoms with E-state index in [1.165, 1.54) is 0 Å². The standard InChI is InChI=1S/C14H18N2O2/c1-10-4-6-11(7-5-10)14(18)16-12-3-2-8-15-13(17)9-12/h4-7,12H,2-3,8-9H2,1H3,(H,15,17)(H,16,18). The molecule has 0 aliphatic carbocycles. The van der Waals surface area contributed by atoms with Gasteiger partial charge >= 0.3 is 0 Å². The second-order valence-corrected chi connectivity index (χ2v) is 4.73. The Kier molecular flexibility index (Phi) is 3.97. The molecule has 1 heterocycles. The van der Waals surface area contributed by atoms with Gasteiger partial charge in [-0.15, -0.1) is 0 Å². The van der Waals surface area contributed by atoms with E-state index in [0.29, 0.717) is 18.5 Å². The zero-order valence-corrected chi connectivity index (χ0v) is 10.5. The minimum absolute atomic E-state index is 0.0155. The van der Waals surface area contributed by atoms with Crippen LogP contribution in [-0.2, 0) is 4.79 Å². The molecular formula is C14H18N2O2. The van der Waals surface area contributed by atoms with E-state index in [0.717, 1.165) is 18.4 Å². The summed E-state index contributed by atoms with van der Waals surface area (Å²) in [5, 5.41) is 5.73. The highest BCUT2D eigenvalue weighted by Crippen LogP contribution is 2.08. The maximum Gasteiger partial charge on any atom is 0.251 e. The van der Waals surface area contributed by atoms with Gasteiger partial charge in [0.05, 0.1) is 0 Å². The predicted octanol–water partition coefficient (Wildman–Crippen LogP) is 1.39. The Labute approximate surface area is 107 Å². The number of aryl methyl sites for hydroxylation is 1. The highest BCUT2D eigenvalue weighted by atomic mass is 16.2. The van der Waals surface area contributed by atoms with Crippen molar-refractivity contribution in [1.82, 2.24) is 10.6 Å². The molecule has 1 aromatic carbocycles. The van der Waals surface area contributed by atoms with Crippen LogP contribution in [0.3, 0.4) is 0 Å². The molecule has 2 amide bonds. The van der Waals surface area contributed by atoms with Gasteiger partial charge in [0, 0.05) is 24.6 Å². The number of rotatable bonds is 2. The lowest BCUT2D eigenvalue weighted by Crippen LogP contribution is -2.36. The maximum absolute atomic E-state index is 12.0. The number of hydrogen-bond acceptors (Lipinski definition) is 2. The summed E-state index contributed by atoms with van der Waals surface area (Å²) in [7, 11) is 0. The van der Waals surface area contributed by atoms with Crippen LogP contribution in [0.1, 0.15) is 35.2 Å². The molecule has 18 heavy (non-hydrogen) atoms. The SMILES string of the molecule is Cc1ccc(C(=O)NC2CCCNC(=O)C2)cc1. The van der Waals surface area contributed by atoms with Crippen molar-refractivity contribution in [2.45, 2.75) is 32.2 Å². The Morgan fingerprint density at radius 2 is 2.06 bits per heavy atom. The summed E-state index contributed by atoms with van der Waals surface area (Å²) >= 11 is 0. The van der Waals surface area contributed by atoms with Crippen molar-refractivity contribution in [1.29, 1.82) is 0 Å². The second kappa shape index (κ2) is 5.67. The summed E-state index contributed by atoms with van der Waals surface area (Å²) in [5.74, 6) is -0.0867. The fourth-order valence-electron chi connectivity index (χ4n) is 2.07. The number of hydrogen-bond donors (Lipinski definition) is 2. The summed E-state index contributed by atoms with van der Waals surface area (Å²) in [6, 6.07) is 7.38. The van der Waals surface area contributed by atoms with Crippen molar-refractivity contribution in [3.63, 3.8) is 0 Å². The molecule has 1 saturated heterocycles. The molecule has 0 bridgehead atoms. The predicted molar refractivity (Wildman–Crippen MR) is 69.3 cm³/mol. The molecule has 1 aromatic rings. The summed E-state index contributed by atoms with van der Waals surface area (Å²) in [6.45, 7) is 2.69. The van der Waals surface area contributed by atoms with E-state index >= 15 is 0 Å². The number of nitrogens with one attached hydrogen (secondary N) is 2. The first kappa shape index (κ1) is 12.6. The number of carbonyl (C=O) groups is 2. The van der Waals surface area contributed by atoms with Gasteiger partial charge in [0.15, 0.2) is 0 Å². The molecule has 0 aromatic heterocycles. The van der Waals surface area contributed by atoms with E-state index in [9.17, 15) is 9.59 Å². The first-order valence-electron chi connectivity index (χ1n) is 6.29. The molecule has 1 atom stereocenters. The van der Waals surface area contributed by atoms with Gasteiger partial charge in [-0.2, -0.15) is 0 Å². The lowest BCUT2D eigenvalue weighted by molar-refractivity contribution is -0.121. The fraction of sp³-hybridized carbons (Fsp3) is 0.429. The van der Waals surface area contributed by atoms with E-state index in [1.807, 2.05) is 19.1 Å². The van der Waals surface area contributed by atoms with E-state index < -0.39 is 0 Å². The van der Waals surface area contributed by atoms with Crippen LogP contribution in [0.2, 0.25) is 0 Å². The van der Waals surface area contributed by atoms with Gasteiger partial charge in [-0.1, -0.05) is 17.7 Å². The normalized spacial score (nSPS) is 19.8. The summed E-state index contributed by atoms with van der Waals surface area (Å²) in [6.07, 6.45) is 2.12. The molecule has 2 rings (SSSR count). The molecular weight excluding hydrogens is 228 g/mol. The molecule has 1 fully saturated rings. The minimum atomic E-state index is -0.102. The third-order valence-corrected chi connectivity index (χ3v) is 3.13. The number of amides is 2. The van der Waals surface area contributed by atoms with E-state index in [-0.39, 0.29) is 17.9 Å². The molecule has 0 saturated carbocycles. The maximum atomic E-state index is 12.0. The largest absolute Gasteiger partial charge is 0.356 e. The number of benzene rings is 1. The second-order valence-electron chi connectivity index (χ2n) is 4.73. The fourth-order valence-corrected chi connectivity index (χ4v) is 2.07. The first-order valence-corrected chi connectivity index (χ1v) is 6.29. The van der Waals surface area contributed by atoms with Gasteiger partial charge in [-0.3, -0.25) is 9.59 Å². The molecule has 1 aliphatic heterocycles. The van der Waals surface area contributed by atoms with Crippen molar-refractivity contribution < 1.29 is 9.59 Å². The van der Waals surface area contributed by atoms with Crippen LogP contribution in [-0.4, -0.2) is 24.4 Å². The van der Waals surface area contributed by atoms with Crippen LogP contribution >= 0.6 is 0 Å². The van der Waals surface area contributed by atoms with Crippen molar-refractivity contribution >= 4 is 11.8 Å². The monoisotopic (exact) mass is 246 g/mol. The van der Waals surface area contributed by atoms with Gasteiger partial charge < -0.3 is 10.6 Å². The zero-order chi connectivity index (χ0) is 13.0. The quantitative estimate of drug-likeness (QED) is 0.828. The topological polar surface area (TPSA) is 58.2 Å².